The molecule has 0 aliphatic heterocycles. The number of allylic oxidation sites excluding steroid dienone is 19. The normalized spacial score (nSPS) is 25.1. The Morgan fingerprint density at radius 1 is 0.612 bits per heavy atom. The molecule has 2 nitrogen and oxygen atoms in total. The van der Waals surface area contributed by atoms with E-state index < -0.39 is 0 Å². The van der Waals surface area contributed by atoms with E-state index in [4.69, 9.17) is 0 Å². The van der Waals surface area contributed by atoms with Gasteiger partial charge in [-0.3, -0.25) is 0 Å². The Morgan fingerprint density at radius 2 is 1.24 bits per heavy atom. The molecule has 0 N–H and O–H groups in total. The van der Waals surface area contributed by atoms with E-state index in [-0.39, 0.29) is 5.41 Å². The SMILES string of the molecule is CC1=CC=C(N(C2=CC=C(C3(C4=CC=C(N(C5=CCC(C)C=C5)C5=CCC(C)C=C5)CC=C4)CCCCC3)CC2)c2ccc(C)cc2)CC1. The molecule has 2 heteroatoms. The molecule has 0 bridgehead atoms. The second-order valence-corrected chi connectivity index (χ2v) is 15.5. The summed E-state index contributed by atoms with van der Waals surface area (Å²) in [5.74, 6) is 1.20. The molecule has 0 aromatic heterocycles. The third kappa shape index (κ3) is 7.30. The molecule has 6 aliphatic carbocycles. The molecular weight excluding hydrogens is 593 g/mol. The Labute approximate surface area is 296 Å². The molecule has 2 atom stereocenters. The summed E-state index contributed by atoms with van der Waals surface area (Å²) in [4.78, 5) is 5.09. The Bertz CT molecular complexity index is 1710. The maximum Gasteiger partial charge on any atom is 0.0455 e. The fraction of sp³-hybridized carbons (Fsp3) is 0.404. The van der Waals surface area contributed by atoms with Gasteiger partial charge in [-0.1, -0.05) is 117 Å². The first-order valence-corrected chi connectivity index (χ1v) is 19.2. The van der Waals surface area contributed by atoms with Crippen molar-refractivity contribution in [3.8, 4) is 0 Å². The van der Waals surface area contributed by atoms with Gasteiger partial charge in [-0.05, 0) is 125 Å². The number of hydrogen-bond donors (Lipinski definition) is 0. The fourth-order valence-corrected chi connectivity index (χ4v) is 8.63. The highest BCUT2D eigenvalue weighted by molar-refractivity contribution is 5.61. The van der Waals surface area contributed by atoms with E-state index in [1.54, 1.807) is 5.57 Å². The van der Waals surface area contributed by atoms with E-state index in [2.05, 4.69) is 147 Å². The molecule has 1 fully saturated rings. The zero-order valence-electron chi connectivity index (χ0n) is 30.4. The fourth-order valence-electron chi connectivity index (χ4n) is 8.63. The van der Waals surface area contributed by atoms with Gasteiger partial charge in [0.2, 0.25) is 0 Å². The van der Waals surface area contributed by atoms with Crippen molar-refractivity contribution in [2.75, 3.05) is 4.90 Å². The quantitative estimate of drug-likeness (QED) is 0.277. The van der Waals surface area contributed by atoms with E-state index >= 15 is 0 Å². The van der Waals surface area contributed by atoms with E-state index in [0.29, 0.717) is 11.8 Å². The number of anilines is 1. The molecule has 0 saturated heterocycles. The number of hydrogen-bond acceptors (Lipinski definition) is 2. The molecule has 7 rings (SSSR count). The monoisotopic (exact) mass is 648 g/mol. The third-order valence-electron chi connectivity index (χ3n) is 11.7. The van der Waals surface area contributed by atoms with Gasteiger partial charge in [0.25, 0.3) is 0 Å². The summed E-state index contributed by atoms with van der Waals surface area (Å²) in [6.45, 7) is 9.06. The Hall–Kier alpha value is -4.04. The summed E-state index contributed by atoms with van der Waals surface area (Å²) in [6, 6.07) is 9.12. The van der Waals surface area contributed by atoms with Gasteiger partial charge in [0, 0.05) is 46.0 Å². The molecule has 1 aromatic carbocycles. The Morgan fingerprint density at radius 3 is 1.82 bits per heavy atom. The highest BCUT2D eigenvalue weighted by Gasteiger charge is 2.39. The van der Waals surface area contributed by atoms with Crippen molar-refractivity contribution >= 4 is 5.69 Å². The van der Waals surface area contributed by atoms with Crippen molar-refractivity contribution in [1.29, 1.82) is 0 Å². The smallest absolute Gasteiger partial charge is 0.0455 e. The Kier molecular flexibility index (Phi) is 10.1. The molecule has 49 heavy (non-hydrogen) atoms. The highest BCUT2D eigenvalue weighted by Crippen LogP contribution is 2.52. The summed E-state index contributed by atoms with van der Waals surface area (Å²) in [5, 5.41) is 0. The average Bonchev–Trinajstić information content (AvgIpc) is 3.39. The zero-order valence-corrected chi connectivity index (χ0v) is 30.4. The van der Waals surface area contributed by atoms with E-state index in [0.717, 1.165) is 44.9 Å². The average molecular weight is 649 g/mol. The molecule has 2 unspecified atom stereocenters. The van der Waals surface area contributed by atoms with Gasteiger partial charge in [0.05, 0.1) is 0 Å². The van der Waals surface area contributed by atoms with Gasteiger partial charge in [-0.25, -0.2) is 0 Å². The van der Waals surface area contributed by atoms with Gasteiger partial charge in [0.1, 0.15) is 0 Å². The van der Waals surface area contributed by atoms with Crippen LogP contribution < -0.4 is 4.90 Å². The molecule has 1 aromatic rings. The van der Waals surface area contributed by atoms with E-state index in [9.17, 15) is 0 Å². The summed E-state index contributed by atoms with van der Waals surface area (Å²) in [6.07, 6.45) is 47.9. The second-order valence-electron chi connectivity index (χ2n) is 15.5. The molecule has 254 valence electrons. The van der Waals surface area contributed by atoms with E-state index in [1.807, 2.05) is 0 Å². The maximum absolute atomic E-state index is 2.56. The molecule has 0 radical (unpaired) electrons. The van der Waals surface area contributed by atoms with Crippen molar-refractivity contribution in [2.24, 2.45) is 17.3 Å². The van der Waals surface area contributed by atoms with Crippen LogP contribution >= 0.6 is 0 Å². The molecule has 1 saturated carbocycles. The zero-order chi connectivity index (χ0) is 33.8. The predicted molar refractivity (Wildman–Crippen MR) is 209 cm³/mol. The minimum Gasteiger partial charge on any atom is -0.318 e. The lowest BCUT2D eigenvalue weighted by Crippen LogP contribution is -2.30. The van der Waals surface area contributed by atoms with Crippen LogP contribution in [-0.4, -0.2) is 4.90 Å². The minimum absolute atomic E-state index is 0.116. The van der Waals surface area contributed by atoms with Crippen LogP contribution in [0.2, 0.25) is 0 Å². The summed E-state index contributed by atoms with van der Waals surface area (Å²) in [5.41, 5.74) is 14.2. The second kappa shape index (κ2) is 14.8. The standard InChI is InChI=1S/C47H56N2/c1-35-11-22-42(23-12-35)48(43-24-13-36(2)14-25-43)41-10-8-9-39(19-30-41)47(33-6-5-7-34-47)40-20-31-46(32-21-40)49(44-26-15-37(3)16-27-44)45-28-17-38(4)18-29-45/h8-9,11,13,15-17,19-20,22-28,30-31,35-36H,5-7,10,12,14,18,21,29,32-34H2,1-4H3. The predicted octanol–water partition coefficient (Wildman–Crippen LogP) is 13.0. The molecule has 0 heterocycles. The largest absolute Gasteiger partial charge is 0.318 e. The van der Waals surface area contributed by atoms with Crippen LogP contribution in [0.4, 0.5) is 5.69 Å². The lowest BCUT2D eigenvalue weighted by atomic mass is 9.62. The lowest BCUT2D eigenvalue weighted by Gasteiger charge is -2.43. The number of rotatable bonds is 8. The first kappa shape index (κ1) is 33.5. The van der Waals surface area contributed by atoms with Crippen molar-refractivity contribution in [1.82, 2.24) is 4.90 Å². The van der Waals surface area contributed by atoms with Crippen LogP contribution in [0.15, 0.2) is 155 Å². The maximum atomic E-state index is 2.56. The van der Waals surface area contributed by atoms with Gasteiger partial charge in [-0.15, -0.1) is 0 Å². The van der Waals surface area contributed by atoms with Gasteiger partial charge in [0.15, 0.2) is 0 Å². The van der Waals surface area contributed by atoms with Crippen LogP contribution in [0, 0.1) is 24.2 Å². The van der Waals surface area contributed by atoms with Gasteiger partial charge >= 0.3 is 0 Å². The van der Waals surface area contributed by atoms with Crippen LogP contribution in [0.1, 0.15) is 103 Å². The summed E-state index contributed by atoms with van der Waals surface area (Å²) >= 11 is 0. The topological polar surface area (TPSA) is 6.48 Å². The van der Waals surface area contributed by atoms with Gasteiger partial charge in [-0.2, -0.15) is 0 Å². The molecule has 0 spiro atoms. The van der Waals surface area contributed by atoms with Crippen LogP contribution in [0.5, 0.6) is 0 Å². The number of aryl methyl sites for hydroxylation is 1. The van der Waals surface area contributed by atoms with Crippen molar-refractivity contribution < 1.29 is 0 Å². The molecule has 6 aliphatic rings. The van der Waals surface area contributed by atoms with Crippen LogP contribution in [0.3, 0.4) is 0 Å². The first-order chi connectivity index (χ1) is 23.9. The summed E-state index contributed by atoms with van der Waals surface area (Å²) in [7, 11) is 0. The van der Waals surface area contributed by atoms with Crippen LogP contribution in [-0.2, 0) is 0 Å². The lowest BCUT2D eigenvalue weighted by molar-refractivity contribution is 0.286. The third-order valence-corrected chi connectivity index (χ3v) is 11.7. The number of nitrogens with zero attached hydrogens (tertiary/aromatic N) is 2. The first-order valence-electron chi connectivity index (χ1n) is 19.2. The van der Waals surface area contributed by atoms with Crippen molar-refractivity contribution in [2.45, 2.75) is 105 Å². The molecular formula is C47H56N2. The molecule has 0 amide bonds. The van der Waals surface area contributed by atoms with Crippen LogP contribution in [0.25, 0.3) is 0 Å². The Balaban J connectivity index is 1.23. The van der Waals surface area contributed by atoms with Crippen molar-refractivity contribution in [3.05, 3.63) is 160 Å². The van der Waals surface area contributed by atoms with Crippen molar-refractivity contribution in [3.63, 3.8) is 0 Å². The van der Waals surface area contributed by atoms with Gasteiger partial charge < -0.3 is 9.80 Å². The number of benzene rings is 1. The van der Waals surface area contributed by atoms with E-state index in [1.165, 1.54) is 83.0 Å². The summed E-state index contributed by atoms with van der Waals surface area (Å²) < 4.78 is 0. The minimum atomic E-state index is 0.116. The highest BCUT2D eigenvalue weighted by atomic mass is 15.2.